The second kappa shape index (κ2) is 39.0. The lowest BCUT2D eigenvalue weighted by Crippen LogP contribution is -2.71. The van der Waals surface area contributed by atoms with E-state index in [1.165, 1.54) is 13.8 Å². The van der Waals surface area contributed by atoms with Crippen LogP contribution >= 0.6 is 0 Å². The molecule has 110 heavy (non-hydrogen) atoms. The topological polar surface area (TPSA) is 739 Å². The van der Waals surface area contributed by atoms with E-state index in [1.54, 1.807) is 0 Å². The van der Waals surface area contributed by atoms with Crippen LogP contribution in [0.25, 0.3) is 0 Å². The minimum atomic E-state index is -2.36. The van der Waals surface area contributed by atoms with Crippen molar-refractivity contribution in [3.8, 4) is 0 Å². The fourth-order valence-corrected chi connectivity index (χ4v) is 14.3. The van der Waals surface area contributed by atoms with Gasteiger partial charge >= 0.3 is 0 Å². The van der Waals surface area contributed by atoms with E-state index in [2.05, 4.69) is 21.3 Å². The van der Waals surface area contributed by atoms with Gasteiger partial charge < -0.3 is 219 Å². The maximum absolute atomic E-state index is 13.2. The molecule has 45 atom stereocenters. The molecule has 1 unspecified atom stereocenters. The zero-order valence-corrected chi connectivity index (χ0v) is 59.8. The predicted molar refractivity (Wildman–Crippen MR) is 341 cm³/mol. The molecule has 0 aromatic rings. The van der Waals surface area contributed by atoms with Crippen molar-refractivity contribution < 1.29 is 217 Å². The molecule has 9 saturated heterocycles. The van der Waals surface area contributed by atoms with E-state index in [9.17, 15) is 137 Å². The summed E-state index contributed by atoms with van der Waals surface area (Å²) in [4.78, 5) is 52.1. The molecule has 0 aromatic carbocycles. The van der Waals surface area contributed by atoms with E-state index in [4.69, 9.17) is 80.5 Å². The average molecular weight is 1610 g/mol. The van der Waals surface area contributed by atoms with E-state index in [0.717, 1.165) is 27.7 Å². The Balaban J connectivity index is 0.946. The Kier molecular flexibility index (Phi) is 32.0. The summed E-state index contributed by atoms with van der Waals surface area (Å²) in [5, 5.41) is 264. The van der Waals surface area contributed by atoms with Crippen LogP contribution < -0.4 is 21.3 Å². The molecule has 0 saturated carbocycles. The van der Waals surface area contributed by atoms with Gasteiger partial charge in [0.1, 0.15) is 207 Å². The number of ether oxygens (including phenoxy) is 17. The number of aliphatic hydroxyl groups excluding tert-OH is 23. The summed E-state index contributed by atoms with van der Waals surface area (Å²) in [6.07, 6.45) is -80.1. The van der Waals surface area contributed by atoms with Gasteiger partial charge in [-0.15, -0.1) is 0 Å². The van der Waals surface area contributed by atoms with Crippen molar-refractivity contribution in [2.45, 2.75) is 318 Å². The SMILES string of the molecule is CC(=O)N[C@H]1[C@H](OC[C@H]2OC(O)[C@H](NC(C)=O)[C@@H](O[C@@H]3O[C@H](CO)[C@@H](O)[C@H](O[C@@H]4O[C@H](CO)[C@H](O)[C@H](O)[C@H]4O[C@@H]4O[C@@H](C)[C@@H](O)[C@@H](O)[C@@H]4O)[C@H]3NC(C)=O)[C@H]2O)O[C@H](CO)[C@@H](O[C@@H]2O[C@H](CO)[C@H](O)[C@H](O[C@@H]3O[C@H](CO)[C@@H](O[C@@H]4O[C@H](CO)[C@H](O)[C@H](O)[C@H]4O)[C@H](O[C@@H]4O[C@@H](C)[C@@H](O)[C@@H](O)[C@@H]4O)[C@H]3NC(C)=O)[C@H]2O)[C@@H]1O. The number of nitrogens with one attached hydrogen (secondary N) is 4. The lowest BCUT2D eigenvalue weighted by molar-refractivity contribution is -0.390. The summed E-state index contributed by atoms with van der Waals surface area (Å²) in [5.41, 5.74) is 0. The molecule has 48 nitrogen and oxygen atoms in total. The molecule has 48 heteroatoms. The fourth-order valence-electron chi connectivity index (χ4n) is 14.3. The molecule has 0 bridgehead atoms. The Morgan fingerprint density at radius 3 is 1.07 bits per heavy atom. The summed E-state index contributed by atoms with van der Waals surface area (Å²) in [5.74, 6) is -3.64. The van der Waals surface area contributed by atoms with Gasteiger partial charge in [0.25, 0.3) is 0 Å². The first-order chi connectivity index (χ1) is 51.9. The normalized spacial score (nSPS) is 49.6. The van der Waals surface area contributed by atoms with Crippen LogP contribution in [-0.2, 0) is 99.7 Å². The predicted octanol–water partition coefficient (Wildman–Crippen LogP) is -18.0. The monoisotopic (exact) mass is 1610 g/mol. The Bertz CT molecular complexity index is 2930. The van der Waals surface area contributed by atoms with Crippen molar-refractivity contribution in [1.82, 2.24) is 21.3 Å². The Morgan fingerprint density at radius 2 is 0.573 bits per heavy atom. The highest BCUT2D eigenvalue weighted by molar-refractivity contribution is 5.74. The summed E-state index contributed by atoms with van der Waals surface area (Å²) in [6.45, 7) is -0.957. The third-order valence-electron chi connectivity index (χ3n) is 20.3. The lowest BCUT2D eigenvalue weighted by Gasteiger charge is -2.52. The van der Waals surface area contributed by atoms with Gasteiger partial charge in [0, 0.05) is 27.7 Å². The molecule has 636 valence electrons. The van der Waals surface area contributed by atoms with Crippen molar-refractivity contribution in [2.75, 3.05) is 46.2 Å². The van der Waals surface area contributed by atoms with Crippen LogP contribution in [0.15, 0.2) is 0 Å². The quantitative estimate of drug-likeness (QED) is 0.0363. The second-order valence-electron chi connectivity index (χ2n) is 28.1. The van der Waals surface area contributed by atoms with E-state index >= 15 is 0 Å². The van der Waals surface area contributed by atoms with Crippen LogP contribution in [-0.4, -0.2) is 463 Å². The first-order valence-electron chi connectivity index (χ1n) is 35.3. The fraction of sp³-hybridized carbons (Fsp3) is 0.935. The Hall–Kier alpha value is -3.72. The van der Waals surface area contributed by atoms with Crippen LogP contribution in [0.5, 0.6) is 0 Å². The van der Waals surface area contributed by atoms with Crippen molar-refractivity contribution in [3.63, 3.8) is 0 Å². The highest BCUT2D eigenvalue weighted by Gasteiger charge is 2.61. The molecule has 9 fully saturated rings. The van der Waals surface area contributed by atoms with Gasteiger partial charge in [-0.1, -0.05) is 0 Å². The lowest BCUT2D eigenvalue weighted by atomic mass is 9.93. The number of amides is 4. The molecule has 9 heterocycles. The number of rotatable bonds is 27. The van der Waals surface area contributed by atoms with Crippen molar-refractivity contribution >= 4 is 23.6 Å². The smallest absolute Gasteiger partial charge is 0.217 e. The van der Waals surface area contributed by atoms with Gasteiger partial charge in [0.15, 0.2) is 56.6 Å². The number of hydrogen-bond donors (Lipinski definition) is 27. The van der Waals surface area contributed by atoms with Crippen molar-refractivity contribution in [3.05, 3.63) is 0 Å². The zero-order valence-electron chi connectivity index (χ0n) is 59.8. The Labute approximate surface area is 624 Å². The largest absolute Gasteiger partial charge is 0.394 e. The number of carbonyl (C=O) groups is 4. The first kappa shape index (κ1) is 90.2. The van der Waals surface area contributed by atoms with Crippen LogP contribution in [0, 0.1) is 0 Å². The minimum Gasteiger partial charge on any atom is -0.394 e. The highest BCUT2D eigenvalue weighted by atomic mass is 16.8. The van der Waals surface area contributed by atoms with E-state index in [0.29, 0.717) is 0 Å². The van der Waals surface area contributed by atoms with E-state index in [-0.39, 0.29) is 0 Å². The number of hydrogen-bond acceptors (Lipinski definition) is 44. The summed E-state index contributed by atoms with van der Waals surface area (Å²) in [6, 6.07) is -7.44. The Morgan fingerprint density at radius 1 is 0.255 bits per heavy atom. The summed E-state index contributed by atoms with van der Waals surface area (Å²) < 4.78 is 101. The number of carbonyl (C=O) groups excluding carboxylic acids is 4. The molecule has 0 spiro atoms. The number of aliphatic hydroxyl groups is 23. The van der Waals surface area contributed by atoms with Gasteiger partial charge in [0.05, 0.1) is 58.5 Å². The maximum Gasteiger partial charge on any atom is 0.217 e. The summed E-state index contributed by atoms with van der Waals surface area (Å²) in [7, 11) is 0. The molecule has 9 aliphatic rings. The molecule has 9 aliphatic heterocycles. The van der Waals surface area contributed by atoms with Crippen LogP contribution in [0.1, 0.15) is 41.5 Å². The molecule has 0 aromatic heterocycles. The summed E-state index contributed by atoms with van der Waals surface area (Å²) >= 11 is 0. The van der Waals surface area contributed by atoms with Gasteiger partial charge in [-0.05, 0) is 13.8 Å². The van der Waals surface area contributed by atoms with Gasteiger partial charge in [0.2, 0.25) is 23.6 Å². The van der Waals surface area contributed by atoms with Gasteiger partial charge in [-0.2, -0.15) is 0 Å². The van der Waals surface area contributed by atoms with Crippen LogP contribution in [0.3, 0.4) is 0 Å². The first-order valence-corrected chi connectivity index (χ1v) is 35.3. The van der Waals surface area contributed by atoms with Crippen molar-refractivity contribution in [2.24, 2.45) is 0 Å². The molecule has 0 aliphatic carbocycles. The molecule has 27 N–H and O–H groups in total. The van der Waals surface area contributed by atoms with Crippen LogP contribution in [0.2, 0.25) is 0 Å². The maximum atomic E-state index is 13.2. The third kappa shape index (κ3) is 19.8. The average Bonchev–Trinajstić information content (AvgIpc) is 0.769. The third-order valence-corrected chi connectivity index (χ3v) is 20.3. The molecular formula is C62H104N4O44. The standard InChI is InChI=1S/C62H104N4O44/c1-14-31(77)39(85)43(89)58(95-14)108-51-30(66-19(6)76)57(103-25(12-72)48(51)105-60-45(91)41(87)33(79)20(7-67)99-60)109-52-36(82)23(10-70)100-61(46(52)92)104-47-24(11-71)102-55(27(38(47)84)63-16(3)73)94-13-26-37(83)49(28(54(93)97-26)64-17(4)74)106-56-29(65-18(5)75)50(35(81)22(9-69)98-56)107-62-53(42(88)34(80)21(8-68)101-62)110-59-44(90)40(86)32(78)15(2)96-59/h14-15,20-62,67-72,77-93H,7-13H2,1-6H3,(H,63,73)(H,64,74)(H,65,75)(H,66,76)/t14-,15-,20+,21+,22+,23+,24+,25+,26+,27+,28+,29+,30+,31+,32+,33-,34-,35+,36-,37-,38+,39+,40+,41-,42-,43-,44-,45+,46+,47+,48+,49+,50+,51+,52-,53+,54?,55+,56-,57-,58-,59-,60-,61-,62-/m0/s1. The van der Waals surface area contributed by atoms with Crippen LogP contribution in [0.4, 0.5) is 0 Å². The van der Waals surface area contributed by atoms with Gasteiger partial charge in [-0.25, -0.2) is 0 Å². The van der Waals surface area contributed by atoms with Crippen molar-refractivity contribution in [1.29, 1.82) is 0 Å². The molecule has 0 radical (unpaired) electrons. The minimum absolute atomic E-state index is 0.882. The molecule has 4 amide bonds. The molecule has 9 rings (SSSR count). The molecular weight excluding hydrogens is 1500 g/mol. The van der Waals surface area contributed by atoms with E-state index < -0.39 is 346 Å². The zero-order chi connectivity index (χ0) is 81.1. The second-order valence-corrected chi connectivity index (χ2v) is 28.1. The highest BCUT2D eigenvalue weighted by Crippen LogP contribution is 2.40. The van der Waals surface area contributed by atoms with E-state index in [1.807, 2.05) is 0 Å². The van der Waals surface area contributed by atoms with Gasteiger partial charge in [-0.3, -0.25) is 19.2 Å².